The predicted octanol–water partition coefficient (Wildman–Crippen LogP) is 6.27. The molecule has 0 saturated heterocycles. The van der Waals surface area contributed by atoms with Crippen LogP contribution in [-0.4, -0.2) is 22.7 Å². The predicted molar refractivity (Wildman–Crippen MR) is 131 cm³/mol. The van der Waals surface area contributed by atoms with Gasteiger partial charge < -0.3 is 9.52 Å². The van der Waals surface area contributed by atoms with E-state index >= 15 is 0 Å². The largest absolute Gasteiger partial charge is 0.478 e. The van der Waals surface area contributed by atoms with Crippen LogP contribution in [0, 0.1) is 5.82 Å². The number of benzene rings is 3. The lowest BCUT2D eigenvalue weighted by Crippen LogP contribution is -2.21. The molecule has 0 unspecified atom stereocenters. The molecule has 1 amide bonds. The van der Waals surface area contributed by atoms with Gasteiger partial charge in [-0.3, -0.25) is 4.79 Å². The average molecular weight is 487 g/mol. The van der Waals surface area contributed by atoms with Gasteiger partial charge in [0.25, 0.3) is 5.91 Å². The number of anilines is 1. The number of hydrogen-bond donors (Lipinski definition) is 1. The Bertz CT molecular complexity index is 1510. The molecule has 0 atom stereocenters. The van der Waals surface area contributed by atoms with E-state index in [2.05, 4.69) is 5.10 Å². The second-order valence-electron chi connectivity index (χ2n) is 7.66. The number of rotatable bonds is 5. The van der Waals surface area contributed by atoms with Crippen LogP contribution < -0.4 is 5.01 Å². The molecule has 0 radical (unpaired) electrons. The lowest BCUT2D eigenvalue weighted by molar-refractivity contribution is -0.114. The third-order valence-corrected chi connectivity index (χ3v) is 5.62. The minimum absolute atomic E-state index is 0.0360. The van der Waals surface area contributed by atoms with Gasteiger partial charge in [-0.05, 0) is 60.7 Å². The summed E-state index contributed by atoms with van der Waals surface area (Å²) in [7, 11) is 0. The van der Waals surface area contributed by atoms with Crippen LogP contribution in [0.4, 0.5) is 10.1 Å². The summed E-state index contributed by atoms with van der Waals surface area (Å²) in [6.07, 6.45) is 1.55. The summed E-state index contributed by atoms with van der Waals surface area (Å²) in [5.41, 5.74) is 2.17. The molecule has 35 heavy (non-hydrogen) atoms. The van der Waals surface area contributed by atoms with E-state index in [4.69, 9.17) is 16.0 Å². The SMILES string of the molecule is O=C(O)c1ccc(Cl)cc1-c1ccc(/C=C2\C(=O)N(c3ccc(F)cc3)N=C2c2ccccc2)o1. The topological polar surface area (TPSA) is 83.1 Å². The third kappa shape index (κ3) is 4.37. The first-order chi connectivity index (χ1) is 16.9. The zero-order valence-corrected chi connectivity index (χ0v) is 18.7. The molecule has 5 rings (SSSR count). The molecule has 8 heteroatoms. The van der Waals surface area contributed by atoms with Crippen LogP contribution in [0.3, 0.4) is 0 Å². The van der Waals surface area contributed by atoms with Crippen molar-refractivity contribution in [3.8, 4) is 11.3 Å². The summed E-state index contributed by atoms with van der Waals surface area (Å²) < 4.78 is 19.3. The number of carbonyl (C=O) groups is 2. The smallest absolute Gasteiger partial charge is 0.336 e. The minimum Gasteiger partial charge on any atom is -0.478 e. The summed E-state index contributed by atoms with van der Waals surface area (Å²) >= 11 is 6.07. The lowest BCUT2D eigenvalue weighted by Gasteiger charge is -2.11. The van der Waals surface area contributed by atoms with Gasteiger partial charge in [-0.15, -0.1) is 0 Å². The van der Waals surface area contributed by atoms with Crippen molar-refractivity contribution in [2.45, 2.75) is 0 Å². The third-order valence-electron chi connectivity index (χ3n) is 5.39. The number of halogens is 2. The van der Waals surface area contributed by atoms with Gasteiger partial charge in [-0.2, -0.15) is 10.1 Å². The summed E-state index contributed by atoms with van der Waals surface area (Å²) in [6.45, 7) is 0. The van der Waals surface area contributed by atoms with Gasteiger partial charge in [-0.1, -0.05) is 41.9 Å². The van der Waals surface area contributed by atoms with E-state index in [9.17, 15) is 19.1 Å². The fraction of sp³-hybridized carbons (Fsp3) is 0. The van der Waals surface area contributed by atoms with Crippen molar-refractivity contribution in [2.24, 2.45) is 5.10 Å². The van der Waals surface area contributed by atoms with E-state index in [1.165, 1.54) is 47.5 Å². The number of amides is 1. The highest BCUT2D eigenvalue weighted by molar-refractivity contribution is 6.37. The van der Waals surface area contributed by atoms with E-state index in [-0.39, 0.29) is 16.9 Å². The fourth-order valence-electron chi connectivity index (χ4n) is 3.74. The summed E-state index contributed by atoms with van der Waals surface area (Å²) in [5, 5.41) is 15.6. The summed E-state index contributed by atoms with van der Waals surface area (Å²) in [4.78, 5) is 25.0. The molecule has 3 aromatic carbocycles. The molecule has 2 heterocycles. The number of hydrogen-bond acceptors (Lipinski definition) is 4. The molecule has 1 aliphatic rings. The number of nitrogens with zero attached hydrogens (tertiary/aromatic N) is 2. The minimum atomic E-state index is -1.12. The standard InChI is InChI=1S/C27H16ClFN2O4/c28-17-6-12-21(27(33)34)22(14-17)24-13-11-20(35-24)15-23-25(16-4-2-1-3-5-16)30-31(26(23)32)19-9-7-18(29)8-10-19/h1-15H,(H,33,34)/b23-15-. The van der Waals surface area contributed by atoms with Gasteiger partial charge in [0, 0.05) is 16.1 Å². The van der Waals surface area contributed by atoms with Crippen molar-refractivity contribution in [1.82, 2.24) is 0 Å². The molecule has 0 aliphatic carbocycles. The van der Waals surface area contributed by atoms with Crippen LogP contribution in [0.2, 0.25) is 5.02 Å². The number of carboxylic acids is 1. The van der Waals surface area contributed by atoms with Crippen molar-refractivity contribution < 1.29 is 23.5 Å². The van der Waals surface area contributed by atoms with E-state index in [0.717, 1.165) is 0 Å². The maximum absolute atomic E-state index is 13.4. The highest BCUT2D eigenvalue weighted by atomic mass is 35.5. The number of aromatic carboxylic acids is 1. The summed E-state index contributed by atoms with van der Waals surface area (Å²) in [6, 6.07) is 22.3. The molecule has 0 bridgehead atoms. The quantitative estimate of drug-likeness (QED) is 0.337. The zero-order chi connectivity index (χ0) is 24.5. The Morgan fingerprint density at radius 2 is 1.74 bits per heavy atom. The van der Waals surface area contributed by atoms with Gasteiger partial charge in [0.15, 0.2) is 0 Å². The Hall–Kier alpha value is -4.49. The van der Waals surface area contributed by atoms with E-state index in [0.29, 0.717) is 33.3 Å². The maximum atomic E-state index is 13.4. The Morgan fingerprint density at radius 3 is 2.46 bits per heavy atom. The van der Waals surface area contributed by atoms with Crippen LogP contribution in [0.1, 0.15) is 21.7 Å². The van der Waals surface area contributed by atoms with Gasteiger partial charge in [0.1, 0.15) is 23.0 Å². The first-order valence-corrected chi connectivity index (χ1v) is 10.9. The highest BCUT2D eigenvalue weighted by Crippen LogP contribution is 2.32. The lowest BCUT2D eigenvalue weighted by atomic mass is 10.0. The van der Waals surface area contributed by atoms with Gasteiger partial charge in [0.05, 0.1) is 16.8 Å². The molecule has 1 N–H and O–H groups in total. The van der Waals surface area contributed by atoms with Crippen molar-refractivity contribution >= 4 is 41.0 Å². The number of carbonyl (C=O) groups excluding carboxylic acids is 1. The molecule has 0 spiro atoms. The van der Waals surface area contributed by atoms with Crippen LogP contribution in [-0.2, 0) is 4.79 Å². The Kier molecular flexibility index (Phi) is 5.76. The summed E-state index contributed by atoms with van der Waals surface area (Å²) in [5.74, 6) is -1.34. The van der Waals surface area contributed by atoms with Crippen molar-refractivity contribution in [2.75, 3.05) is 5.01 Å². The van der Waals surface area contributed by atoms with Crippen LogP contribution in [0.5, 0.6) is 0 Å². The maximum Gasteiger partial charge on any atom is 0.336 e. The first kappa shape index (κ1) is 22.3. The van der Waals surface area contributed by atoms with Gasteiger partial charge in [-0.25, -0.2) is 9.18 Å². The van der Waals surface area contributed by atoms with Crippen molar-refractivity contribution in [3.63, 3.8) is 0 Å². The van der Waals surface area contributed by atoms with E-state index in [1.807, 2.05) is 30.3 Å². The average Bonchev–Trinajstić information content (AvgIpc) is 3.45. The Morgan fingerprint density at radius 1 is 1.00 bits per heavy atom. The van der Waals surface area contributed by atoms with Gasteiger partial charge in [0.2, 0.25) is 0 Å². The van der Waals surface area contributed by atoms with Crippen LogP contribution in [0.25, 0.3) is 17.4 Å². The molecule has 0 fully saturated rings. The van der Waals surface area contributed by atoms with Crippen molar-refractivity contribution in [3.05, 3.63) is 118 Å². The van der Waals surface area contributed by atoms with Crippen LogP contribution >= 0.6 is 11.6 Å². The van der Waals surface area contributed by atoms with Crippen molar-refractivity contribution in [1.29, 1.82) is 0 Å². The fourth-order valence-corrected chi connectivity index (χ4v) is 3.91. The molecule has 0 saturated carbocycles. The normalized spacial score (nSPS) is 14.5. The molecule has 1 aromatic heterocycles. The van der Waals surface area contributed by atoms with E-state index < -0.39 is 17.7 Å². The molecule has 4 aromatic rings. The molecule has 172 valence electrons. The highest BCUT2D eigenvalue weighted by Gasteiger charge is 2.32. The van der Waals surface area contributed by atoms with Crippen LogP contribution in [0.15, 0.2) is 100 Å². The number of furan rings is 1. The Labute approximate surface area is 204 Å². The molecule has 1 aliphatic heterocycles. The van der Waals surface area contributed by atoms with E-state index in [1.54, 1.807) is 18.2 Å². The number of carboxylic acid groups (broad SMARTS) is 1. The monoisotopic (exact) mass is 486 g/mol. The number of hydrazone groups is 1. The zero-order valence-electron chi connectivity index (χ0n) is 18.0. The molecular formula is C27H16ClFN2O4. The van der Waals surface area contributed by atoms with Gasteiger partial charge >= 0.3 is 5.97 Å². The Balaban J connectivity index is 1.57. The second kappa shape index (κ2) is 9.04. The molecular weight excluding hydrogens is 471 g/mol. The second-order valence-corrected chi connectivity index (χ2v) is 8.10. The molecule has 6 nitrogen and oxygen atoms in total. The first-order valence-electron chi connectivity index (χ1n) is 10.5.